The summed E-state index contributed by atoms with van der Waals surface area (Å²) in [6, 6.07) is 16.2. The molecule has 10 nitrogen and oxygen atoms in total. The number of halogens is 1. The first kappa shape index (κ1) is 28.5. The van der Waals surface area contributed by atoms with Crippen LogP contribution in [0.2, 0.25) is 0 Å². The molecule has 0 spiro atoms. The first-order valence-corrected chi connectivity index (χ1v) is 14.1. The number of anilines is 2. The monoisotopic (exact) mass is 590 g/mol. The fraction of sp³-hybridized carbons (Fsp3) is 0.182. The summed E-state index contributed by atoms with van der Waals surface area (Å²) in [6.07, 6.45) is 5.37. The third-order valence-corrected chi connectivity index (χ3v) is 7.29. The zero-order chi connectivity index (χ0) is 30.8. The molecule has 44 heavy (non-hydrogen) atoms. The molecule has 0 aliphatic carbocycles. The van der Waals surface area contributed by atoms with Crippen molar-refractivity contribution in [2.24, 2.45) is 0 Å². The Morgan fingerprint density at radius 1 is 0.977 bits per heavy atom. The van der Waals surface area contributed by atoms with Crippen LogP contribution in [-0.4, -0.2) is 36.6 Å². The van der Waals surface area contributed by atoms with Gasteiger partial charge in [0.1, 0.15) is 17.6 Å². The second-order valence-corrected chi connectivity index (χ2v) is 10.3. The first-order chi connectivity index (χ1) is 21.4. The summed E-state index contributed by atoms with van der Waals surface area (Å²) in [7, 11) is 1.64. The fourth-order valence-electron chi connectivity index (χ4n) is 5.20. The average molecular weight is 591 g/mol. The minimum Gasteiger partial charge on any atom is -0.497 e. The molecule has 0 aliphatic heterocycles. The number of nitrogens with one attached hydrogen (secondary N) is 1. The highest BCUT2D eigenvalue weighted by atomic mass is 19.1. The van der Waals surface area contributed by atoms with Crippen LogP contribution in [0.15, 0.2) is 73.3 Å². The van der Waals surface area contributed by atoms with Gasteiger partial charge in [-0.25, -0.2) is 24.3 Å². The molecule has 4 heterocycles. The number of nitrogen functional groups attached to an aromatic ring is 1. The van der Waals surface area contributed by atoms with Crippen LogP contribution >= 0.6 is 0 Å². The number of nitrogens with zero attached hydrogens (tertiary/aromatic N) is 6. The van der Waals surface area contributed by atoms with Crippen LogP contribution in [0.1, 0.15) is 29.3 Å². The van der Waals surface area contributed by atoms with E-state index in [9.17, 15) is 0 Å². The molecule has 0 saturated carbocycles. The lowest BCUT2D eigenvalue weighted by Crippen LogP contribution is -2.07. The van der Waals surface area contributed by atoms with Gasteiger partial charge in [-0.3, -0.25) is 4.98 Å². The van der Waals surface area contributed by atoms with Gasteiger partial charge in [0.15, 0.2) is 17.4 Å². The summed E-state index contributed by atoms with van der Waals surface area (Å²) in [5, 5.41) is 3.47. The van der Waals surface area contributed by atoms with Gasteiger partial charge in [-0.1, -0.05) is 19.1 Å². The Balaban J connectivity index is 1.52. The summed E-state index contributed by atoms with van der Waals surface area (Å²) < 4.78 is 28.7. The van der Waals surface area contributed by atoms with Crippen molar-refractivity contribution in [3.05, 3.63) is 102 Å². The highest BCUT2D eigenvalue weighted by molar-refractivity contribution is 5.97. The molecule has 0 bridgehead atoms. The molecule has 0 radical (unpaired) electrons. The van der Waals surface area contributed by atoms with Gasteiger partial charge < -0.3 is 25.1 Å². The molecule has 3 N–H and O–H groups in total. The second kappa shape index (κ2) is 12.0. The fourth-order valence-corrected chi connectivity index (χ4v) is 5.20. The summed E-state index contributed by atoms with van der Waals surface area (Å²) in [5.74, 6) is 0.793. The van der Waals surface area contributed by atoms with Gasteiger partial charge in [0.2, 0.25) is 0 Å². The average Bonchev–Trinajstić information content (AvgIpc) is 3.36. The van der Waals surface area contributed by atoms with E-state index in [4.69, 9.17) is 25.2 Å². The zero-order valence-corrected chi connectivity index (χ0v) is 24.8. The van der Waals surface area contributed by atoms with Crippen molar-refractivity contribution in [1.29, 1.82) is 0 Å². The van der Waals surface area contributed by atoms with Crippen molar-refractivity contribution >= 4 is 22.5 Å². The van der Waals surface area contributed by atoms with E-state index in [0.717, 1.165) is 33.7 Å². The Morgan fingerprint density at radius 2 is 1.80 bits per heavy atom. The van der Waals surface area contributed by atoms with Gasteiger partial charge in [0.05, 0.1) is 35.9 Å². The smallest absolute Gasteiger partial charge is 0.322 e. The SMILES string of the molecule is CCc1c(-c2ncc(N)cc2C)n(-c2ccc(Oc3nccc(C)n3)c(F)c2)c2c(NCc3ccc(OC)cc3)ncnc12. The van der Waals surface area contributed by atoms with Gasteiger partial charge in [-0.15, -0.1) is 0 Å². The third kappa shape index (κ3) is 5.47. The number of aryl methyl sites for hydroxylation is 3. The van der Waals surface area contributed by atoms with Crippen molar-refractivity contribution in [3.8, 4) is 34.6 Å². The lowest BCUT2D eigenvalue weighted by Gasteiger charge is -2.16. The van der Waals surface area contributed by atoms with E-state index >= 15 is 4.39 Å². The van der Waals surface area contributed by atoms with Gasteiger partial charge in [-0.05, 0) is 67.8 Å². The maximum absolute atomic E-state index is 15.7. The largest absolute Gasteiger partial charge is 0.497 e. The lowest BCUT2D eigenvalue weighted by molar-refractivity contribution is 0.410. The quantitative estimate of drug-likeness (QED) is 0.192. The van der Waals surface area contributed by atoms with Gasteiger partial charge in [-0.2, -0.15) is 0 Å². The highest BCUT2D eigenvalue weighted by Crippen LogP contribution is 2.40. The number of benzene rings is 2. The first-order valence-electron chi connectivity index (χ1n) is 14.1. The van der Waals surface area contributed by atoms with Crippen LogP contribution < -0.4 is 20.5 Å². The molecule has 0 unspecified atom stereocenters. The van der Waals surface area contributed by atoms with E-state index in [-0.39, 0.29) is 11.8 Å². The standard InChI is InChI=1S/C33H31FN8O2/c1-5-25-29-31(32(40-18-39-29)38-16-21-6-9-24(43-4)10-7-21)42(30(25)28-19(2)14-22(35)17-37-28)23-8-11-27(26(34)15-23)44-33-36-13-12-20(3)41-33/h6-15,17-18H,5,16,35H2,1-4H3,(H,38,39,40). The number of pyridine rings is 1. The van der Waals surface area contributed by atoms with Crippen molar-refractivity contribution in [3.63, 3.8) is 0 Å². The van der Waals surface area contributed by atoms with E-state index < -0.39 is 5.82 Å². The Labute approximate surface area is 253 Å². The molecule has 4 aromatic heterocycles. The van der Waals surface area contributed by atoms with Crippen LogP contribution in [-0.2, 0) is 13.0 Å². The van der Waals surface area contributed by atoms with Crippen LogP contribution in [0.4, 0.5) is 15.9 Å². The molecule has 11 heteroatoms. The number of fused-ring (bicyclic) bond motifs is 1. The van der Waals surface area contributed by atoms with Gasteiger partial charge >= 0.3 is 6.01 Å². The Hall–Kier alpha value is -5.58. The van der Waals surface area contributed by atoms with Crippen LogP contribution in [0.25, 0.3) is 28.1 Å². The molecule has 0 aliphatic rings. The number of ether oxygens (including phenoxy) is 2. The predicted molar refractivity (Wildman–Crippen MR) is 168 cm³/mol. The molecular weight excluding hydrogens is 559 g/mol. The molecular formula is C33H31FN8O2. The molecule has 6 rings (SSSR count). The van der Waals surface area contributed by atoms with Crippen molar-refractivity contribution < 1.29 is 13.9 Å². The van der Waals surface area contributed by atoms with Crippen LogP contribution in [0, 0.1) is 19.7 Å². The zero-order valence-electron chi connectivity index (χ0n) is 24.8. The van der Waals surface area contributed by atoms with Crippen molar-refractivity contribution in [2.45, 2.75) is 33.7 Å². The van der Waals surface area contributed by atoms with E-state index in [1.165, 1.54) is 12.4 Å². The van der Waals surface area contributed by atoms with E-state index in [0.29, 0.717) is 47.1 Å². The Bertz CT molecular complexity index is 1970. The van der Waals surface area contributed by atoms with Crippen molar-refractivity contribution in [1.82, 2.24) is 29.5 Å². The van der Waals surface area contributed by atoms with Crippen molar-refractivity contribution in [2.75, 3.05) is 18.2 Å². The topological polar surface area (TPSA) is 126 Å². The summed E-state index contributed by atoms with van der Waals surface area (Å²) in [6.45, 7) is 6.32. The van der Waals surface area contributed by atoms with Gasteiger partial charge in [0, 0.05) is 35.8 Å². The summed E-state index contributed by atoms with van der Waals surface area (Å²) in [5.41, 5.74) is 13.7. The molecule has 2 aromatic carbocycles. The number of hydrogen-bond acceptors (Lipinski definition) is 9. The highest BCUT2D eigenvalue weighted by Gasteiger charge is 2.25. The minimum absolute atomic E-state index is 0.00368. The number of hydrogen-bond donors (Lipinski definition) is 2. The molecule has 0 atom stereocenters. The number of methoxy groups -OCH3 is 1. The minimum atomic E-state index is -0.579. The van der Waals surface area contributed by atoms with Gasteiger partial charge in [0.25, 0.3) is 0 Å². The molecule has 6 aromatic rings. The third-order valence-electron chi connectivity index (χ3n) is 7.29. The Morgan fingerprint density at radius 3 is 2.50 bits per heavy atom. The van der Waals surface area contributed by atoms with Crippen LogP contribution in [0.3, 0.4) is 0 Å². The number of aromatic nitrogens is 6. The maximum Gasteiger partial charge on any atom is 0.322 e. The van der Waals surface area contributed by atoms with E-state index in [1.807, 2.05) is 48.7 Å². The Kier molecular flexibility index (Phi) is 7.76. The maximum atomic E-state index is 15.7. The second-order valence-electron chi connectivity index (χ2n) is 10.3. The lowest BCUT2D eigenvalue weighted by atomic mass is 10.1. The van der Waals surface area contributed by atoms with E-state index in [1.54, 1.807) is 37.7 Å². The molecule has 0 saturated heterocycles. The van der Waals surface area contributed by atoms with Crippen LogP contribution in [0.5, 0.6) is 17.5 Å². The van der Waals surface area contributed by atoms with E-state index in [2.05, 4.69) is 27.2 Å². The molecule has 0 fully saturated rings. The molecule has 0 amide bonds. The summed E-state index contributed by atoms with van der Waals surface area (Å²) in [4.78, 5) is 22.4. The number of nitrogens with two attached hydrogens (primary N) is 1. The normalized spacial score (nSPS) is 11.1. The number of rotatable bonds is 9. The molecule has 222 valence electrons. The predicted octanol–water partition coefficient (Wildman–Crippen LogP) is 6.59. The summed E-state index contributed by atoms with van der Waals surface area (Å²) >= 11 is 0.